The van der Waals surface area contributed by atoms with E-state index in [1.54, 1.807) is 18.2 Å². The van der Waals surface area contributed by atoms with Gasteiger partial charge in [-0.15, -0.1) is 0 Å². The Morgan fingerprint density at radius 1 is 1.42 bits per heavy atom. The summed E-state index contributed by atoms with van der Waals surface area (Å²) >= 11 is 5.60. The van der Waals surface area contributed by atoms with E-state index in [4.69, 9.17) is 16.2 Å². The number of hydrogen-bond donors (Lipinski definition) is 1. The van der Waals surface area contributed by atoms with Gasteiger partial charge in [-0.25, -0.2) is 0 Å². The molecule has 0 spiro atoms. The van der Waals surface area contributed by atoms with Crippen LogP contribution in [0.1, 0.15) is 5.56 Å². The SMILES string of the molecule is O=S(=O)(O)Cc1cccc(Cl)c1. The monoisotopic (exact) mass is 206 g/mol. The zero-order chi connectivity index (χ0) is 9.19. The van der Waals surface area contributed by atoms with Crippen LogP contribution in [0.3, 0.4) is 0 Å². The molecule has 0 amide bonds. The molecule has 12 heavy (non-hydrogen) atoms. The van der Waals surface area contributed by atoms with E-state index in [-0.39, 0.29) is 0 Å². The van der Waals surface area contributed by atoms with Gasteiger partial charge in [0.25, 0.3) is 10.1 Å². The second kappa shape index (κ2) is 3.43. The van der Waals surface area contributed by atoms with E-state index in [1.165, 1.54) is 6.07 Å². The van der Waals surface area contributed by atoms with Crippen LogP contribution in [-0.4, -0.2) is 13.0 Å². The number of hydrogen-bond acceptors (Lipinski definition) is 2. The zero-order valence-electron chi connectivity index (χ0n) is 6.07. The summed E-state index contributed by atoms with van der Waals surface area (Å²) in [5.74, 6) is -0.395. The Morgan fingerprint density at radius 3 is 2.58 bits per heavy atom. The summed E-state index contributed by atoms with van der Waals surface area (Å²) in [6.07, 6.45) is 0. The first-order chi connectivity index (χ1) is 5.47. The minimum Gasteiger partial charge on any atom is -0.285 e. The van der Waals surface area contributed by atoms with E-state index < -0.39 is 15.9 Å². The Hall–Kier alpha value is -0.580. The van der Waals surface area contributed by atoms with Gasteiger partial charge in [0, 0.05) is 5.02 Å². The third-order valence-corrected chi connectivity index (χ3v) is 2.17. The highest BCUT2D eigenvalue weighted by Crippen LogP contribution is 2.12. The van der Waals surface area contributed by atoms with Gasteiger partial charge in [-0.2, -0.15) is 8.42 Å². The van der Waals surface area contributed by atoms with Crippen molar-refractivity contribution in [3.05, 3.63) is 34.9 Å². The lowest BCUT2D eigenvalue weighted by Crippen LogP contribution is -2.00. The van der Waals surface area contributed by atoms with Gasteiger partial charge in [0.15, 0.2) is 0 Å². The zero-order valence-corrected chi connectivity index (χ0v) is 7.64. The average molecular weight is 207 g/mol. The Kier molecular flexibility index (Phi) is 2.72. The van der Waals surface area contributed by atoms with Crippen molar-refractivity contribution < 1.29 is 13.0 Å². The first-order valence-electron chi connectivity index (χ1n) is 3.17. The summed E-state index contributed by atoms with van der Waals surface area (Å²) in [6.45, 7) is 0. The van der Waals surface area contributed by atoms with E-state index >= 15 is 0 Å². The van der Waals surface area contributed by atoms with E-state index in [0.717, 1.165) is 0 Å². The van der Waals surface area contributed by atoms with E-state index in [9.17, 15) is 8.42 Å². The van der Waals surface area contributed by atoms with Crippen LogP contribution < -0.4 is 0 Å². The molecule has 1 N–H and O–H groups in total. The van der Waals surface area contributed by atoms with Crippen LogP contribution in [0.15, 0.2) is 24.3 Å². The third kappa shape index (κ3) is 3.21. The van der Waals surface area contributed by atoms with E-state index in [1.807, 2.05) is 0 Å². The maximum atomic E-state index is 10.4. The van der Waals surface area contributed by atoms with Gasteiger partial charge in [0.05, 0.1) is 0 Å². The second-order valence-electron chi connectivity index (χ2n) is 2.36. The highest BCUT2D eigenvalue weighted by molar-refractivity contribution is 7.85. The fourth-order valence-corrected chi connectivity index (χ4v) is 1.65. The Balaban J connectivity index is 2.91. The summed E-state index contributed by atoms with van der Waals surface area (Å²) in [5, 5.41) is 0.455. The Labute approximate surface area is 75.7 Å². The molecule has 0 unspecified atom stereocenters. The van der Waals surface area contributed by atoms with Crippen LogP contribution in [0.25, 0.3) is 0 Å². The third-order valence-electron chi connectivity index (χ3n) is 1.24. The molecule has 0 radical (unpaired) electrons. The van der Waals surface area contributed by atoms with Gasteiger partial charge in [-0.05, 0) is 17.7 Å². The molecular weight excluding hydrogens is 200 g/mol. The Morgan fingerprint density at radius 2 is 2.08 bits per heavy atom. The van der Waals surface area contributed by atoms with Crippen molar-refractivity contribution in [2.45, 2.75) is 5.75 Å². The normalized spacial score (nSPS) is 11.5. The smallest absolute Gasteiger partial charge is 0.269 e. The maximum Gasteiger partial charge on any atom is 0.269 e. The molecule has 1 aromatic rings. The second-order valence-corrected chi connectivity index (χ2v) is 4.25. The molecule has 1 aromatic carbocycles. The number of benzene rings is 1. The van der Waals surface area contributed by atoms with Crippen LogP contribution in [0.5, 0.6) is 0 Å². The molecular formula is C7H7ClO3S. The van der Waals surface area contributed by atoms with Gasteiger partial charge in [-0.1, -0.05) is 23.7 Å². The van der Waals surface area contributed by atoms with Gasteiger partial charge < -0.3 is 0 Å². The Bertz CT molecular complexity index is 372. The minimum atomic E-state index is -3.95. The van der Waals surface area contributed by atoms with Crippen molar-refractivity contribution in [1.82, 2.24) is 0 Å². The largest absolute Gasteiger partial charge is 0.285 e. The van der Waals surface area contributed by atoms with E-state index in [2.05, 4.69) is 0 Å². The molecule has 0 aliphatic carbocycles. The van der Waals surface area contributed by atoms with Crippen LogP contribution in [0, 0.1) is 0 Å². The molecule has 5 heteroatoms. The lowest BCUT2D eigenvalue weighted by atomic mass is 10.2. The fraction of sp³-hybridized carbons (Fsp3) is 0.143. The summed E-state index contributed by atoms with van der Waals surface area (Å²) in [4.78, 5) is 0. The summed E-state index contributed by atoms with van der Waals surface area (Å²) in [6, 6.07) is 6.34. The summed E-state index contributed by atoms with van der Waals surface area (Å²) < 4.78 is 29.3. The average Bonchev–Trinajstić information content (AvgIpc) is 1.82. The highest BCUT2D eigenvalue weighted by atomic mass is 35.5. The molecule has 0 aliphatic heterocycles. The van der Waals surface area contributed by atoms with Crippen LogP contribution in [-0.2, 0) is 15.9 Å². The molecule has 0 atom stereocenters. The van der Waals surface area contributed by atoms with Crippen LogP contribution in [0.2, 0.25) is 5.02 Å². The summed E-state index contributed by atoms with van der Waals surface area (Å²) in [7, 11) is -3.95. The van der Waals surface area contributed by atoms with Gasteiger partial charge in [0.1, 0.15) is 5.75 Å². The molecule has 0 heterocycles. The van der Waals surface area contributed by atoms with Gasteiger partial charge >= 0.3 is 0 Å². The lowest BCUT2D eigenvalue weighted by Gasteiger charge is -1.97. The van der Waals surface area contributed by atoms with Gasteiger partial charge in [0.2, 0.25) is 0 Å². The lowest BCUT2D eigenvalue weighted by molar-refractivity contribution is 0.482. The molecule has 0 aromatic heterocycles. The number of halogens is 1. The first-order valence-corrected chi connectivity index (χ1v) is 5.16. The van der Waals surface area contributed by atoms with Crippen molar-refractivity contribution in [3.63, 3.8) is 0 Å². The maximum absolute atomic E-state index is 10.4. The minimum absolute atomic E-state index is 0.395. The van der Waals surface area contributed by atoms with Crippen LogP contribution >= 0.6 is 11.6 Å². The van der Waals surface area contributed by atoms with Crippen molar-refractivity contribution >= 4 is 21.7 Å². The topological polar surface area (TPSA) is 54.4 Å². The molecule has 0 saturated carbocycles. The van der Waals surface area contributed by atoms with Crippen molar-refractivity contribution in [2.75, 3.05) is 0 Å². The predicted octanol–water partition coefficient (Wildman–Crippen LogP) is 1.73. The number of rotatable bonds is 2. The molecule has 66 valence electrons. The van der Waals surface area contributed by atoms with Crippen molar-refractivity contribution in [2.24, 2.45) is 0 Å². The molecule has 0 aliphatic rings. The molecule has 3 nitrogen and oxygen atoms in total. The molecule has 0 saturated heterocycles. The van der Waals surface area contributed by atoms with Crippen molar-refractivity contribution in [1.29, 1.82) is 0 Å². The van der Waals surface area contributed by atoms with Gasteiger partial charge in [-0.3, -0.25) is 4.55 Å². The molecule has 0 fully saturated rings. The standard InChI is InChI=1S/C7H7ClO3S/c8-7-3-1-2-6(4-7)5-12(9,10)11/h1-4H,5H2,(H,9,10,11). The molecule has 1 rings (SSSR count). The highest BCUT2D eigenvalue weighted by Gasteiger charge is 2.05. The fourth-order valence-electron chi connectivity index (χ4n) is 0.837. The van der Waals surface area contributed by atoms with Crippen molar-refractivity contribution in [3.8, 4) is 0 Å². The van der Waals surface area contributed by atoms with Crippen LogP contribution in [0.4, 0.5) is 0 Å². The van der Waals surface area contributed by atoms with E-state index in [0.29, 0.717) is 10.6 Å². The first kappa shape index (κ1) is 9.51. The quantitative estimate of drug-likeness (QED) is 0.750. The molecule has 0 bridgehead atoms. The predicted molar refractivity (Wildman–Crippen MR) is 46.7 cm³/mol. The summed E-state index contributed by atoms with van der Waals surface area (Å²) in [5.41, 5.74) is 0.477.